The molecule has 0 fully saturated rings. The summed E-state index contributed by atoms with van der Waals surface area (Å²) in [4.78, 5) is 24.1. The Morgan fingerprint density at radius 1 is 1.12 bits per heavy atom. The molecular weight excluding hydrogens is 302 g/mol. The number of benzene rings is 1. The molecule has 0 unspecified atom stereocenters. The number of carboxylic acids is 1. The minimum absolute atomic E-state index is 0.0273. The fourth-order valence-electron chi connectivity index (χ4n) is 3.28. The highest BCUT2D eigenvalue weighted by atomic mass is 16.4. The van der Waals surface area contributed by atoms with Gasteiger partial charge in [-0.25, -0.2) is 0 Å². The quantitative estimate of drug-likeness (QED) is 0.784. The van der Waals surface area contributed by atoms with Crippen LogP contribution in [0.1, 0.15) is 45.6 Å². The zero-order chi connectivity index (χ0) is 17.7. The second-order valence-electron chi connectivity index (χ2n) is 6.95. The first-order valence-corrected chi connectivity index (χ1v) is 8.60. The summed E-state index contributed by atoms with van der Waals surface area (Å²) in [5.74, 6) is -2.09. The summed E-state index contributed by atoms with van der Waals surface area (Å²) in [5, 5.41) is 12.5. The topological polar surface area (TPSA) is 66.4 Å². The van der Waals surface area contributed by atoms with Gasteiger partial charge < -0.3 is 10.4 Å². The largest absolute Gasteiger partial charge is 0.481 e. The first-order chi connectivity index (χ1) is 11.4. The first kappa shape index (κ1) is 18.2. The average molecular weight is 329 g/mol. The number of carbonyl (C=O) groups excluding carboxylic acids is 1. The van der Waals surface area contributed by atoms with Crippen molar-refractivity contribution >= 4 is 11.9 Å². The lowest BCUT2D eigenvalue weighted by atomic mass is 9.76. The molecule has 1 amide bonds. The summed E-state index contributed by atoms with van der Waals surface area (Å²) in [6, 6.07) is 10.2. The molecule has 0 heterocycles. The summed E-state index contributed by atoms with van der Waals surface area (Å²) in [6.07, 6.45) is 2.75. The SMILES string of the molecule is CC1=C(C)C[C@H](C(=O)N[C@H](C)CCc2ccccc2)[C@@H](C(=O)O)C1. The van der Waals surface area contributed by atoms with Crippen molar-refractivity contribution in [3.05, 3.63) is 47.0 Å². The summed E-state index contributed by atoms with van der Waals surface area (Å²) in [7, 11) is 0. The van der Waals surface area contributed by atoms with E-state index in [1.165, 1.54) is 5.56 Å². The van der Waals surface area contributed by atoms with Crippen LogP contribution in [0.25, 0.3) is 0 Å². The summed E-state index contributed by atoms with van der Waals surface area (Å²) >= 11 is 0. The molecule has 1 aromatic carbocycles. The molecule has 4 nitrogen and oxygen atoms in total. The standard InChI is InChI=1S/C20H27NO3/c1-13-11-17(18(20(23)24)12-14(13)2)19(22)21-15(3)9-10-16-7-5-4-6-8-16/h4-8,15,17-18H,9-12H2,1-3H3,(H,21,22)(H,23,24)/t15-,17+,18+/m1/s1. The van der Waals surface area contributed by atoms with Crippen molar-refractivity contribution in [1.29, 1.82) is 0 Å². The van der Waals surface area contributed by atoms with Crippen LogP contribution in [0.3, 0.4) is 0 Å². The van der Waals surface area contributed by atoms with Gasteiger partial charge >= 0.3 is 5.97 Å². The lowest BCUT2D eigenvalue weighted by Gasteiger charge is -2.30. The summed E-state index contributed by atoms with van der Waals surface area (Å²) < 4.78 is 0. The van der Waals surface area contributed by atoms with Gasteiger partial charge in [-0.15, -0.1) is 0 Å². The maximum atomic E-state index is 12.6. The Kier molecular flexibility index (Phi) is 6.18. The van der Waals surface area contributed by atoms with Crippen LogP contribution in [-0.4, -0.2) is 23.0 Å². The van der Waals surface area contributed by atoms with Gasteiger partial charge in [-0.2, -0.15) is 0 Å². The second-order valence-corrected chi connectivity index (χ2v) is 6.95. The first-order valence-electron chi connectivity index (χ1n) is 8.60. The zero-order valence-electron chi connectivity index (χ0n) is 14.7. The van der Waals surface area contributed by atoms with Gasteiger partial charge in [-0.3, -0.25) is 9.59 Å². The molecule has 2 rings (SSSR count). The molecule has 0 aliphatic heterocycles. The smallest absolute Gasteiger partial charge is 0.307 e. The van der Waals surface area contributed by atoms with E-state index < -0.39 is 17.8 Å². The van der Waals surface area contributed by atoms with Crippen LogP contribution in [0.5, 0.6) is 0 Å². The van der Waals surface area contributed by atoms with E-state index in [-0.39, 0.29) is 11.9 Å². The van der Waals surface area contributed by atoms with Gasteiger partial charge in [0.15, 0.2) is 0 Å². The number of amides is 1. The monoisotopic (exact) mass is 329 g/mol. The minimum Gasteiger partial charge on any atom is -0.481 e. The average Bonchev–Trinajstić information content (AvgIpc) is 2.55. The van der Waals surface area contributed by atoms with Crippen molar-refractivity contribution in [3.8, 4) is 0 Å². The molecule has 3 atom stereocenters. The fraction of sp³-hybridized carbons (Fsp3) is 0.500. The van der Waals surface area contributed by atoms with Crippen molar-refractivity contribution in [2.24, 2.45) is 11.8 Å². The van der Waals surface area contributed by atoms with Crippen LogP contribution in [-0.2, 0) is 16.0 Å². The number of allylic oxidation sites excluding steroid dienone is 2. The predicted octanol–water partition coefficient (Wildman–Crippen LogP) is 3.57. The number of rotatable bonds is 6. The van der Waals surface area contributed by atoms with Crippen molar-refractivity contribution in [1.82, 2.24) is 5.32 Å². The van der Waals surface area contributed by atoms with E-state index in [4.69, 9.17) is 0 Å². The van der Waals surface area contributed by atoms with Gasteiger partial charge in [0.05, 0.1) is 11.8 Å². The number of carboxylic acid groups (broad SMARTS) is 1. The summed E-state index contributed by atoms with van der Waals surface area (Å²) in [5.41, 5.74) is 3.49. The van der Waals surface area contributed by atoms with Crippen LogP contribution in [0.4, 0.5) is 0 Å². The van der Waals surface area contributed by atoms with Crippen LogP contribution < -0.4 is 5.32 Å². The van der Waals surface area contributed by atoms with Gasteiger partial charge in [0.1, 0.15) is 0 Å². The van der Waals surface area contributed by atoms with Gasteiger partial charge in [-0.05, 0) is 52.0 Å². The molecule has 1 aromatic rings. The van der Waals surface area contributed by atoms with E-state index in [1.54, 1.807) is 0 Å². The van der Waals surface area contributed by atoms with Crippen LogP contribution >= 0.6 is 0 Å². The normalized spacial score (nSPS) is 22.1. The minimum atomic E-state index is -0.876. The number of hydrogen-bond donors (Lipinski definition) is 2. The van der Waals surface area contributed by atoms with Crippen LogP contribution in [0.15, 0.2) is 41.5 Å². The van der Waals surface area contributed by atoms with E-state index in [2.05, 4.69) is 17.4 Å². The molecule has 130 valence electrons. The Bertz CT molecular complexity index is 621. The van der Waals surface area contributed by atoms with E-state index in [1.807, 2.05) is 39.0 Å². The van der Waals surface area contributed by atoms with Gasteiger partial charge in [0.2, 0.25) is 5.91 Å². The van der Waals surface area contributed by atoms with Crippen molar-refractivity contribution in [2.45, 2.75) is 52.5 Å². The Morgan fingerprint density at radius 3 is 2.29 bits per heavy atom. The van der Waals surface area contributed by atoms with Gasteiger partial charge in [-0.1, -0.05) is 41.5 Å². The number of hydrogen-bond acceptors (Lipinski definition) is 2. The van der Waals surface area contributed by atoms with E-state index in [9.17, 15) is 14.7 Å². The van der Waals surface area contributed by atoms with Crippen molar-refractivity contribution < 1.29 is 14.7 Å². The Morgan fingerprint density at radius 2 is 1.71 bits per heavy atom. The third kappa shape index (κ3) is 4.70. The fourth-order valence-corrected chi connectivity index (χ4v) is 3.28. The highest BCUT2D eigenvalue weighted by Gasteiger charge is 2.37. The number of carbonyl (C=O) groups is 2. The molecule has 0 radical (unpaired) electrons. The maximum absolute atomic E-state index is 12.6. The molecule has 0 saturated carbocycles. The lowest BCUT2D eigenvalue weighted by Crippen LogP contribution is -2.43. The molecule has 2 N–H and O–H groups in total. The van der Waals surface area contributed by atoms with Crippen molar-refractivity contribution in [3.63, 3.8) is 0 Å². The highest BCUT2D eigenvalue weighted by Crippen LogP contribution is 2.34. The van der Waals surface area contributed by atoms with E-state index >= 15 is 0 Å². The maximum Gasteiger partial charge on any atom is 0.307 e. The second kappa shape index (κ2) is 8.13. The van der Waals surface area contributed by atoms with E-state index in [0.717, 1.165) is 24.0 Å². The van der Waals surface area contributed by atoms with Gasteiger partial charge in [0, 0.05) is 6.04 Å². The molecule has 0 bridgehead atoms. The number of aryl methyl sites for hydroxylation is 1. The number of nitrogens with one attached hydrogen (secondary N) is 1. The van der Waals surface area contributed by atoms with E-state index in [0.29, 0.717) is 12.8 Å². The molecule has 0 saturated heterocycles. The predicted molar refractivity (Wildman–Crippen MR) is 94.6 cm³/mol. The Hall–Kier alpha value is -2.10. The molecular formula is C20H27NO3. The Labute approximate surface area is 144 Å². The molecule has 0 spiro atoms. The lowest BCUT2D eigenvalue weighted by molar-refractivity contribution is -0.147. The molecule has 1 aliphatic rings. The third-order valence-electron chi connectivity index (χ3n) is 5.02. The zero-order valence-corrected chi connectivity index (χ0v) is 14.7. The van der Waals surface area contributed by atoms with Crippen molar-refractivity contribution in [2.75, 3.05) is 0 Å². The summed E-state index contributed by atoms with van der Waals surface area (Å²) in [6.45, 7) is 5.93. The molecule has 4 heteroatoms. The van der Waals surface area contributed by atoms with Gasteiger partial charge in [0.25, 0.3) is 0 Å². The highest BCUT2D eigenvalue weighted by molar-refractivity contribution is 5.85. The third-order valence-corrected chi connectivity index (χ3v) is 5.02. The molecule has 0 aromatic heterocycles. The Balaban J connectivity index is 1.93. The van der Waals surface area contributed by atoms with Crippen LogP contribution in [0.2, 0.25) is 0 Å². The molecule has 24 heavy (non-hydrogen) atoms. The van der Waals surface area contributed by atoms with Crippen LogP contribution in [0, 0.1) is 11.8 Å². The molecule has 1 aliphatic carbocycles. The number of aliphatic carboxylic acids is 1.